The number of nitrogens with two attached hydrogens (primary N) is 1. The minimum Gasteiger partial charge on any atom is -0.453 e. The van der Waals surface area contributed by atoms with Gasteiger partial charge in [-0.3, -0.25) is 0 Å². The number of ether oxygens (including phenoxy) is 2. The van der Waals surface area contributed by atoms with Crippen LogP contribution in [0.2, 0.25) is 0 Å². The summed E-state index contributed by atoms with van der Waals surface area (Å²) in [6, 6.07) is 3.68. The van der Waals surface area contributed by atoms with Gasteiger partial charge in [0.25, 0.3) is 0 Å². The first kappa shape index (κ1) is 20.0. The van der Waals surface area contributed by atoms with Crippen LogP contribution in [0, 0.1) is 11.6 Å². The molecule has 2 atom stereocenters. The molecule has 1 aromatic rings. The second-order valence-electron chi connectivity index (χ2n) is 7.48. The topological polar surface area (TPSA) is 64.8 Å². The number of carbonyl (C=O) groups is 1. The molecule has 1 aromatic carbocycles. The summed E-state index contributed by atoms with van der Waals surface area (Å²) in [5.41, 5.74) is 6.39. The van der Waals surface area contributed by atoms with Gasteiger partial charge >= 0.3 is 6.09 Å². The molecule has 27 heavy (non-hydrogen) atoms. The van der Waals surface area contributed by atoms with Gasteiger partial charge in [-0.25, -0.2) is 13.6 Å². The van der Waals surface area contributed by atoms with E-state index in [0.717, 1.165) is 25.7 Å². The molecule has 0 radical (unpaired) electrons. The largest absolute Gasteiger partial charge is 0.453 e. The van der Waals surface area contributed by atoms with Crippen molar-refractivity contribution in [1.29, 1.82) is 0 Å². The number of nitrogens with zero attached hydrogens (tertiary/aromatic N) is 1. The molecule has 150 valence electrons. The summed E-state index contributed by atoms with van der Waals surface area (Å²) in [5.74, 6) is -1.06. The van der Waals surface area contributed by atoms with Crippen molar-refractivity contribution in [3.05, 3.63) is 35.4 Å². The van der Waals surface area contributed by atoms with E-state index in [1.54, 1.807) is 4.90 Å². The van der Waals surface area contributed by atoms with Crippen LogP contribution in [-0.2, 0) is 9.47 Å². The standard InChI is InChI=1S/C20H28F2N2O3/c1-26-20(25)24-11-3-6-17(23)18(24)12-27-14-9-7-13(8-10-14)19-15(21)4-2-5-16(19)22/h2,4-5,13-14,17-18H,3,6-12,23H2,1H3/t13-,14+,17-,18-/m0/s1. The number of benzene rings is 1. The van der Waals surface area contributed by atoms with Crippen LogP contribution >= 0.6 is 0 Å². The summed E-state index contributed by atoms with van der Waals surface area (Å²) in [5, 5.41) is 0. The van der Waals surface area contributed by atoms with E-state index in [0.29, 0.717) is 26.0 Å². The lowest BCUT2D eigenvalue weighted by molar-refractivity contribution is -0.0231. The van der Waals surface area contributed by atoms with Gasteiger partial charge in [-0.1, -0.05) is 6.07 Å². The molecule has 0 unspecified atom stereocenters. The Morgan fingerprint density at radius 3 is 2.48 bits per heavy atom. The average molecular weight is 382 g/mol. The van der Waals surface area contributed by atoms with E-state index in [9.17, 15) is 13.6 Å². The molecule has 0 spiro atoms. The van der Waals surface area contributed by atoms with Gasteiger partial charge in [0.05, 0.1) is 25.9 Å². The quantitative estimate of drug-likeness (QED) is 0.865. The minimum atomic E-state index is -0.471. The summed E-state index contributed by atoms with van der Waals surface area (Å²) in [6.07, 6.45) is 4.17. The normalized spacial score (nSPS) is 28.8. The Morgan fingerprint density at radius 2 is 1.85 bits per heavy atom. The van der Waals surface area contributed by atoms with Gasteiger partial charge in [-0.05, 0) is 56.6 Å². The fourth-order valence-electron chi connectivity index (χ4n) is 4.30. The second kappa shape index (κ2) is 8.97. The number of carbonyl (C=O) groups excluding carboxylic acids is 1. The maximum atomic E-state index is 14.0. The van der Waals surface area contributed by atoms with Crippen molar-refractivity contribution in [3.63, 3.8) is 0 Å². The van der Waals surface area contributed by atoms with Crippen LogP contribution in [0.15, 0.2) is 18.2 Å². The molecule has 2 aliphatic rings. The highest BCUT2D eigenvalue weighted by Crippen LogP contribution is 2.36. The van der Waals surface area contributed by atoms with Gasteiger partial charge in [-0.2, -0.15) is 0 Å². The summed E-state index contributed by atoms with van der Waals surface area (Å²) >= 11 is 0. The maximum absolute atomic E-state index is 14.0. The van der Waals surface area contributed by atoms with E-state index >= 15 is 0 Å². The molecular formula is C20H28F2N2O3. The van der Waals surface area contributed by atoms with Gasteiger partial charge in [0.15, 0.2) is 0 Å². The highest BCUT2D eigenvalue weighted by atomic mass is 19.1. The third-order valence-electron chi connectivity index (χ3n) is 5.83. The molecule has 2 fully saturated rings. The zero-order valence-corrected chi connectivity index (χ0v) is 15.7. The smallest absolute Gasteiger partial charge is 0.409 e. The molecule has 1 heterocycles. The third-order valence-corrected chi connectivity index (χ3v) is 5.83. The Balaban J connectivity index is 1.54. The van der Waals surface area contributed by atoms with Crippen LogP contribution < -0.4 is 5.73 Å². The van der Waals surface area contributed by atoms with Crippen LogP contribution in [0.5, 0.6) is 0 Å². The molecule has 0 aromatic heterocycles. The van der Waals surface area contributed by atoms with Gasteiger partial charge in [0, 0.05) is 18.2 Å². The van der Waals surface area contributed by atoms with Crippen LogP contribution in [0.3, 0.4) is 0 Å². The Labute approximate surface area is 158 Å². The van der Waals surface area contributed by atoms with E-state index < -0.39 is 11.6 Å². The van der Waals surface area contributed by atoms with Gasteiger partial charge < -0.3 is 20.1 Å². The molecule has 5 nitrogen and oxygen atoms in total. The molecule has 1 aliphatic heterocycles. The first-order chi connectivity index (χ1) is 13.0. The molecule has 1 saturated heterocycles. The number of rotatable bonds is 4. The Kier molecular flexibility index (Phi) is 6.65. The molecule has 1 amide bonds. The summed E-state index contributed by atoms with van der Waals surface area (Å²) in [6.45, 7) is 0.980. The average Bonchev–Trinajstić information content (AvgIpc) is 2.67. The summed E-state index contributed by atoms with van der Waals surface area (Å²) < 4.78 is 38.9. The fourth-order valence-corrected chi connectivity index (χ4v) is 4.30. The van der Waals surface area contributed by atoms with Gasteiger partial charge in [0.1, 0.15) is 11.6 Å². The highest BCUT2D eigenvalue weighted by Gasteiger charge is 2.34. The Bertz CT molecular complexity index is 630. The zero-order valence-electron chi connectivity index (χ0n) is 15.7. The van der Waals surface area contributed by atoms with Crippen molar-refractivity contribution in [2.45, 2.75) is 62.6 Å². The van der Waals surface area contributed by atoms with E-state index in [-0.39, 0.29) is 35.8 Å². The van der Waals surface area contributed by atoms with Crippen molar-refractivity contribution < 1.29 is 23.0 Å². The molecule has 1 aliphatic carbocycles. The third kappa shape index (κ3) is 4.58. The molecule has 1 saturated carbocycles. The lowest BCUT2D eigenvalue weighted by Gasteiger charge is -2.39. The molecule has 2 N–H and O–H groups in total. The van der Waals surface area contributed by atoms with Crippen molar-refractivity contribution in [2.24, 2.45) is 5.73 Å². The SMILES string of the molecule is COC(=O)N1CCC[C@H](N)[C@@H]1CO[C@H]1CC[C@@H](c2c(F)cccc2F)CC1. The number of hydrogen-bond donors (Lipinski definition) is 1. The van der Waals surface area contributed by atoms with E-state index in [1.165, 1.54) is 25.3 Å². The number of methoxy groups -OCH3 is 1. The van der Waals surface area contributed by atoms with Crippen LogP contribution in [0.1, 0.15) is 50.0 Å². The molecule has 0 bridgehead atoms. The van der Waals surface area contributed by atoms with Crippen molar-refractivity contribution in [2.75, 3.05) is 20.3 Å². The zero-order chi connectivity index (χ0) is 19.4. The monoisotopic (exact) mass is 382 g/mol. The van der Waals surface area contributed by atoms with Gasteiger partial charge in [-0.15, -0.1) is 0 Å². The van der Waals surface area contributed by atoms with Crippen molar-refractivity contribution in [3.8, 4) is 0 Å². The lowest BCUT2D eigenvalue weighted by Crippen LogP contribution is -2.56. The fraction of sp³-hybridized carbons (Fsp3) is 0.650. The molecular weight excluding hydrogens is 354 g/mol. The second-order valence-corrected chi connectivity index (χ2v) is 7.48. The molecule has 3 rings (SSSR count). The lowest BCUT2D eigenvalue weighted by atomic mass is 9.82. The summed E-state index contributed by atoms with van der Waals surface area (Å²) in [7, 11) is 1.36. The van der Waals surface area contributed by atoms with Crippen molar-refractivity contribution in [1.82, 2.24) is 4.90 Å². The van der Waals surface area contributed by atoms with Crippen LogP contribution in [0.25, 0.3) is 0 Å². The number of amides is 1. The molecule has 7 heteroatoms. The number of halogens is 2. The first-order valence-corrected chi connectivity index (χ1v) is 9.67. The Morgan fingerprint density at radius 1 is 1.19 bits per heavy atom. The summed E-state index contributed by atoms with van der Waals surface area (Å²) in [4.78, 5) is 13.6. The van der Waals surface area contributed by atoms with E-state index in [1.807, 2.05) is 0 Å². The Hall–Kier alpha value is -1.73. The maximum Gasteiger partial charge on any atom is 0.409 e. The predicted octanol–water partition coefficient (Wildman–Crippen LogP) is 3.57. The number of hydrogen-bond acceptors (Lipinski definition) is 4. The predicted molar refractivity (Wildman–Crippen MR) is 97.4 cm³/mol. The number of piperidine rings is 1. The highest BCUT2D eigenvalue weighted by molar-refractivity contribution is 5.68. The number of likely N-dealkylation sites (tertiary alicyclic amines) is 1. The van der Waals surface area contributed by atoms with Crippen LogP contribution in [0.4, 0.5) is 13.6 Å². The first-order valence-electron chi connectivity index (χ1n) is 9.67. The van der Waals surface area contributed by atoms with Gasteiger partial charge in [0.2, 0.25) is 0 Å². The van der Waals surface area contributed by atoms with E-state index in [2.05, 4.69) is 0 Å². The van der Waals surface area contributed by atoms with Crippen LogP contribution in [-0.4, -0.2) is 49.4 Å². The minimum absolute atomic E-state index is 0.0182. The van der Waals surface area contributed by atoms with E-state index in [4.69, 9.17) is 15.2 Å². The van der Waals surface area contributed by atoms with Crippen molar-refractivity contribution >= 4 is 6.09 Å².